The Morgan fingerprint density at radius 3 is 2.38 bits per heavy atom. The fraction of sp³-hybridized carbons (Fsp3) is 0.250. The Balaban J connectivity index is 1.56. The molecule has 0 saturated heterocycles. The Labute approximate surface area is 152 Å². The number of hydrogen-bond donors (Lipinski definition) is 2. The van der Waals surface area contributed by atoms with Gasteiger partial charge in [-0.25, -0.2) is 4.68 Å². The van der Waals surface area contributed by atoms with Crippen LogP contribution in [-0.4, -0.2) is 28.6 Å². The van der Waals surface area contributed by atoms with Gasteiger partial charge in [-0.15, -0.1) is 0 Å². The Morgan fingerprint density at radius 1 is 0.962 bits per heavy atom. The predicted octanol–water partition coefficient (Wildman–Crippen LogP) is 3.27. The molecule has 0 aliphatic rings. The smallest absolute Gasteiger partial charge is 0.224 e. The molecule has 0 atom stereocenters. The summed E-state index contributed by atoms with van der Waals surface area (Å²) in [6, 6.07) is 15.6. The van der Waals surface area contributed by atoms with E-state index in [0.29, 0.717) is 25.7 Å². The van der Waals surface area contributed by atoms with E-state index in [1.54, 1.807) is 7.05 Å². The number of aromatic nitrogens is 2. The van der Waals surface area contributed by atoms with Gasteiger partial charge in [-0.2, -0.15) is 5.10 Å². The number of unbranched alkanes of at least 4 members (excludes halogenated alkanes) is 1. The number of anilines is 1. The van der Waals surface area contributed by atoms with E-state index >= 15 is 0 Å². The van der Waals surface area contributed by atoms with E-state index in [4.69, 9.17) is 0 Å². The molecule has 0 unspecified atom stereocenters. The molecule has 1 heterocycles. The lowest BCUT2D eigenvalue weighted by Crippen LogP contribution is -2.17. The lowest BCUT2D eigenvalue weighted by atomic mass is 10.1. The van der Waals surface area contributed by atoms with Crippen LogP contribution in [0, 0.1) is 0 Å². The highest BCUT2D eigenvalue weighted by molar-refractivity contribution is 5.90. The summed E-state index contributed by atoms with van der Waals surface area (Å²) in [5.74, 6) is -0.0358. The zero-order valence-electron chi connectivity index (χ0n) is 14.7. The van der Waals surface area contributed by atoms with Crippen LogP contribution in [0.3, 0.4) is 0 Å². The number of hydrogen-bond acceptors (Lipinski definition) is 3. The van der Waals surface area contributed by atoms with Crippen LogP contribution in [0.15, 0.2) is 54.7 Å². The van der Waals surface area contributed by atoms with Gasteiger partial charge in [0.15, 0.2) is 0 Å². The zero-order valence-corrected chi connectivity index (χ0v) is 14.7. The second-order valence-corrected chi connectivity index (χ2v) is 6.09. The van der Waals surface area contributed by atoms with Gasteiger partial charge in [0.2, 0.25) is 11.8 Å². The number of benzene rings is 2. The highest BCUT2D eigenvalue weighted by Crippen LogP contribution is 2.19. The molecule has 0 fully saturated rings. The minimum atomic E-state index is -0.0424. The number of carbonyl (C=O) groups is 2. The molecular weight excluding hydrogens is 328 g/mol. The summed E-state index contributed by atoms with van der Waals surface area (Å²) in [5.41, 5.74) is 2.73. The van der Waals surface area contributed by atoms with Crippen molar-refractivity contribution < 1.29 is 9.59 Å². The fourth-order valence-corrected chi connectivity index (χ4v) is 2.78. The van der Waals surface area contributed by atoms with Crippen molar-refractivity contribution in [2.75, 3.05) is 12.4 Å². The number of rotatable bonds is 7. The van der Waals surface area contributed by atoms with Gasteiger partial charge in [0.05, 0.1) is 17.4 Å². The van der Waals surface area contributed by atoms with Gasteiger partial charge in [-0.05, 0) is 43.2 Å². The third-order valence-corrected chi connectivity index (χ3v) is 4.21. The number of para-hydroxylation sites is 1. The van der Waals surface area contributed by atoms with Crippen LogP contribution in [0.4, 0.5) is 5.69 Å². The van der Waals surface area contributed by atoms with Gasteiger partial charge in [0, 0.05) is 31.0 Å². The second-order valence-electron chi connectivity index (χ2n) is 6.09. The summed E-state index contributed by atoms with van der Waals surface area (Å²) < 4.78 is 1.87. The number of nitrogens with zero attached hydrogens (tertiary/aromatic N) is 2. The van der Waals surface area contributed by atoms with Crippen LogP contribution in [0.2, 0.25) is 0 Å². The molecule has 0 saturated carbocycles. The lowest BCUT2D eigenvalue weighted by Gasteiger charge is -2.08. The van der Waals surface area contributed by atoms with Crippen LogP contribution < -0.4 is 10.6 Å². The summed E-state index contributed by atoms with van der Waals surface area (Å²) in [6.07, 6.45) is 4.09. The topological polar surface area (TPSA) is 76.0 Å². The zero-order chi connectivity index (χ0) is 18.4. The van der Waals surface area contributed by atoms with Gasteiger partial charge in [0.1, 0.15) is 0 Å². The molecule has 3 rings (SSSR count). The van der Waals surface area contributed by atoms with Crippen LogP contribution in [0.1, 0.15) is 25.7 Å². The molecule has 3 aromatic rings. The molecule has 2 amide bonds. The van der Waals surface area contributed by atoms with Crippen molar-refractivity contribution in [1.29, 1.82) is 0 Å². The Kier molecular flexibility index (Phi) is 5.63. The molecule has 134 valence electrons. The van der Waals surface area contributed by atoms with Crippen molar-refractivity contribution in [3.8, 4) is 5.69 Å². The van der Waals surface area contributed by atoms with Crippen molar-refractivity contribution in [3.63, 3.8) is 0 Å². The first-order valence-corrected chi connectivity index (χ1v) is 8.71. The molecule has 0 spiro atoms. The van der Waals surface area contributed by atoms with E-state index in [2.05, 4.69) is 15.7 Å². The van der Waals surface area contributed by atoms with Gasteiger partial charge < -0.3 is 10.6 Å². The highest BCUT2D eigenvalue weighted by Gasteiger charge is 2.06. The molecule has 6 nitrogen and oxygen atoms in total. The minimum absolute atomic E-state index is 0.00661. The average molecular weight is 350 g/mol. The molecular formula is C20H22N4O2. The maximum absolute atomic E-state index is 12.0. The Morgan fingerprint density at radius 2 is 1.65 bits per heavy atom. The second kappa shape index (κ2) is 8.29. The van der Waals surface area contributed by atoms with Gasteiger partial charge in [-0.3, -0.25) is 9.59 Å². The van der Waals surface area contributed by atoms with Crippen LogP contribution in [0.25, 0.3) is 16.6 Å². The lowest BCUT2D eigenvalue weighted by molar-refractivity contribution is -0.121. The first-order chi connectivity index (χ1) is 12.7. The van der Waals surface area contributed by atoms with Gasteiger partial charge >= 0.3 is 0 Å². The molecule has 1 aromatic heterocycles. The molecule has 0 aliphatic heterocycles. The summed E-state index contributed by atoms with van der Waals surface area (Å²) >= 11 is 0. The summed E-state index contributed by atoms with van der Waals surface area (Å²) in [4.78, 5) is 23.1. The molecule has 0 bridgehead atoms. The number of amides is 2. The largest absolute Gasteiger partial charge is 0.359 e. The van der Waals surface area contributed by atoms with Crippen molar-refractivity contribution >= 4 is 28.4 Å². The Bertz CT molecular complexity index is 900. The Hall–Kier alpha value is -3.15. The fourth-order valence-electron chi connectivity index (χ4n) is 2.78. The molecule has 6 heteroatoms. The van der Waals surface area contributed by atoms with Crippen molar-refractivity contribution in [2.24, 2.45) is 0 Å². The van der Waals surface area contributed by atoms with Gasteiger partial charge in [-0.1, -0.05) is 18.2 Å². The summed E-state index contributed by atoms with van der Waals surface area (Å²) in [5, 5.41) is 11.0. The van der Waals surface area contributed by atoms with E-state index in [0.717, 1.165) is 22.3 Å². The van der Waals surface area contributed by atoms with E-state index in [-0.39, 0.29) is 11.8 Å². The van der Waals surface area contributed by atoms with E-state index in [1.165, 1.54) is 0 Å². The molecule has 0 aliphatic carbocycles. The molecule has 2 aromatic carbocycles. The quantitative estimate of drug-likeness (QED) is 0.642. The summed E-state index contributed by atoms with van der Waals surface area (Å²) in [7, 11) is 1.62. The third-order valence-electron chi connectivity index (χ3n) is 4.21. The molecule has 26 heavy (non-hydrogen) atoms. The van der Waals surface area contributed by atoms with Gasteiger partial charge in [0.25, 0.3) is 0 Å². The number of nitrogens with one attached hydrogen (secondary N) is 2. The molecule has 2 N–H and O–H groups in total. The maximum atomic E-state index is 12.0. The van der Waals surface area contributed by atoms with Crippen LogP contribution >= 0.6 is 0 Å². The van der Waals surface area contributed by atoms with Crippen LogP contribution in [0.5, 0.6) is 0 Å². The first-order valence-electron chi connectivity index (χ1n) is 8.71. The summed E-state index contributed by atoms with van der Waals surface area (Å²) in [6.45, 7) is 0. The first kappa shape index (κ1) is 17.7. The monoisotopic (exact) mass is 350 g/mol. The normalized spacial score (nSPS) is 10.7. The standard InChI is InChI=1S/C20H22N4O2/c1-21-19(25)8-4-5-9-20(26)23-16-10-12-17(13-11-16)24-18-7-3-2-6-15(18)14-22-24/h2-3,6-7,10-14H,4-5,8-9H2,1H3,(H,21,25)(H,23,26). The predicted molar refractivity (Wildman–Crippen MR) is 102 cm³/mol. The van der Waals surface area contributed by atoms with E-state index in [1.807, 2.05) is 59.4 Å². The van der Waals surface area contributed by atoms with Crippen molar-refractivity contribution in [1.82, 2.24) is 15.1 Å². The third kappa shape index (κ3) is 4.27. The van der Waals surface area contributed by atoms with Crippen LogP contribution in [-0.2, 0) is 9.59 Å². The highest BCUT2D eigenvalue weighted by atomic mass is 16.2. The number of fused-ring (bicyclic) bond motifs is 1. The SMILES string of the molecule is CNC(=O)CCCCC(=O)Nc1ccc(-n2ncc3ccccc32)cc1. The number of carbonyl (C=O) groups excluding carboxylic acids is 2. The average Bonchev–Trinajstić information content (AvgIpc) is 3.10. The minimum Gasteiger partial charge on any atom is -0.359 e. The van der Waals surface area contributed by atoms with Crippen molar-refractivity contribution in [3.05, 3.63) is 54.7 Å². The van der Waals surface area contributed by atoms with Crippen molar-refractivity contribution in [2.45, 2.75) is 25.7 Å². The van der Waals surface area contributed by atoms with E-state index < -0.39 is 0 Å². The maximum Gasteiger partial charge on any atom is 0.224 e. The van der Waals surface area contributed by atoms with E-state index in [9.17, 15) is 9.59 Å². The molecule has 0 radical (unpaired) electrons.